The van der Waals surface area contributed by atoms with Crippen molar-refractivity contribution in [2.24, 2.45) is 0 Å². The molecule has 0 spiro atoms. The molecule has 1 unspecified atom stereocenters. The minimum Gasteiger partial charge on any atom is -0.393 e. The normalized spacial score (nSPS) is 16.8. The fourth-order valence-electron chi connectivity index (χ4n) is 0.482. The van der Waals surface area contributed by atoms with E-state index in [1.54, 1.807) is 6.92 Å². The molecular formula is C7H16O3. The highest BCUT2D eigenvalue weighted by molar-refractivity contribution is 4.68. The van der Waals surface area contributed by atoms with E-state index in [0.717, 1.165) is 6.42 Å². The molecule has 0 aliphatic rings. The third-order valence-electron chi connectivity index (χ3n) is 1.10. The molecule has 0 fully saturated rings. The van der Waals surface area contributed by atoms with Crippen molar-refractivity contribution in [2.45, 2.75) is 25.9 Å². The predicted octanol–water partition coefficient (Wildman–Crippen LogP) is 0.156. The highest BCUT2D eigenvalue weighted by Crippen LogP contribution is 2.01. The molecule has 2 N–H and O–H groups in total. The fraction of sp³-hybridized carbons (Fsp3) is 1.00. The summed E-state index contributed by atoms with van der Waals surface area (Å²) in [5, 5.41) is 17.7. The average Bonchev–Trinajstić information content (AvgIpc) is 1.89. The maximum absolute atomic E-state index is 9.17. The molecule has 10 heavy (non-hydrogen) atoms. The minimum atomic E-state index is -1.07. The van der Waals surface area contributed by atoms with Crippen LogP contribution in [0.2, 0.25) is 0 Å². The molecule has 0 amide bonds. The van der Waals surface area contributed by atoms with Crippen LogP contribution in [-0.2, 0) is 4.74 Å². The van der Waals surface area contributed by atoms with Crippen LogP contribution in [0.1, 0.15) is 20.3 Å². The Hall–Kier alpha value is -0.120. The SMILES string of the molecule is CCCOCC(C)(O)CO. The highest BCUT2D eigenvalue weighted by Gasteiger charge is 2.18. The van der Waals surface area contributed by atoms with E-state index in [9.17, 15) is 5.11 Å². The molecule has 0 aromatic rings. The number of ether oxygens (including phenoxy) is 1. The van der Waals surface area contributed by atoms with Gasteiger partial charge in [-0.25, -0.2) is 0 Å². The Morgan fingerprint density at radius 2 is 2.10 bits per heavy atom. The van der Waals surface area contributed by atoms with Gasteiger partial charge >= 0.3 is 0 Å². The Labute approximate surface area is 61.6 Å². The summed E-state index contributed by atoms with van der Waals surface area (Å²) in [7, 11) is 0. The first-order valence-electron chi connectivity index (χ1n) is 3.53. The summed E-state index contributed by atoms with van der Waals surface area (Å²) in [4.78, 5) is 0. The van der Waals surface area contributed by atoms with Gasteiger partial charge in [0.15, 0.2) is 0 Å². The Kier molecular flexibility index (Phi) is 4.60. The first-order valence-corrected chi connectivity index (χ1v) is 3.53. The van der Waals surface area contributed by atoms with Gasteiger partial charge in [0.05, 0.1) is 13.2 Å². The Morgan fingerprint density at radius 3 is 2.50 bits per heavy atom. The van der Waals surface area contributed by atoms with E-state index in [0.29, 0.717) is 6.61 Å². The predicted molar refractivity (Wildman–Crippen MR) is 38.8 cm³/mol. The molecule has 3 heteroatoms. The number of hydrogen-bond donors (Lipinski definition) is 2. The van der Waals surface area contributed by atoms with Crippen LogP contribution >= 0.6 is 0 Å². The number of hydrogen-bond acceptors (Lipinski definition) is 3. The lowest BCUT2D eigenvalue weighted by atomic mass is 10.1. The van der Waals surface area contributed by atoms with Crippen LogP contribution in [0.5, 0.6) is 0 Å². The van der Waals surface area contributed by atoms with Crippen LogP contribution in [0.4, 0.5) is 0 Å². The molecule has 0 aliphatic carbocycles. The van der Waals surface area contributed by atoms with Gasteiger partial charge in [0, 0.05) is 6.61 Å². The van der Waals surface area contributed by atoms with Crippen molar-refractivity contribution in [3.05, 3.63) is 0 Å². The van der Waals surface area contributed by atoms with Crippen molar-refractivity contribution in [3.63, 3.8) is 0 Å². The molecule has 0 radical (unpaired) electrons. The Bertz CT molecular complexity index is 80.9. The molecule has 0 heterocycles. The van der Waals surface area contributed by atoms with Gasteiger partial charge in [-0.05, 0) is 13.3 Å². The van der Waals surface area contributed by atoms with Crippen molar-refractivity contribution >= 4 is 0 Å². The molecule has 62 valence electrons. The maximum atomic E-state index is 9.17. The van der Waals surface area contributed by atoms with Gasteiger partial charge in [0.25, 0.3) is 0 Å². The molecular weight excluding hydrogens is 132 g/mol. The van der Waals surface area contributed by atoms with Gasteiger partial charge in [0.2, 0.25) is 0 Å². The third-order valence-corrected chi connectivity index (χ3v) is 1.10. The fourth-order valence-corrected chi connectivity index (χ4v) is 0.482. The molecule has 3 nitrogen and oxygen atoms in total. The second-order valence-electron chi connectivity index (χ2n) is 2.71. The van der Waals surface area contributed by atoms with Crippen LogP contribution in [0.3, 0.4) is 0 Å². The first-order chi connectivity index (χ1) is 4.62. The average molecular weight is 148 g/mol. The summed E-state index contributed by atoms with van der Waals surface area (Å²) in [6.07, 6.45) is 0.932. The summed E-state index contributed by atoms with van der Waals surface area (Å²) in [6.45, 7) is 4.13. The van der Waals surface area contributed by atoms with E-state index in [2.05, 4.69) is 0 Å². The van der Waals surface area contributed by atoms with Gasteiger partial charge in [-0.1, -0.05) is 6.92 Å². The van der Waals surface area contributed by atoms with Crippen molar-refractivity contribution in [1.82, 2.24) is 0 Å². The van der Waals surface area contributed by atoms with Gasteiger partial charge in [-0.15, -0.1) is 0 Å². The highest BCUT2D eigenvalue weighted by atomic mass is 16.5. The lowest BCUT2D eigenvalue weighted by molar-refractivity contribution is -0.0648. The summed E-state index contributed by atoms with van der Waals surface area (Å²) in [5.74, 6) is 0. The number of aliphatic hydroxyl groups excluding tert-OH is 1. The minimum absolute atomic E-state index is 0.206. The number of rotatable bonds is 5. The lowest BCUT2D eigenvalue weighted by Gasteiger charge is -2.19. The zero-order chi connectivity index (χ0) is 8.04. The van der Waals surface area contributed by atoms with Crippen LogP contribution < -0.4 is 0 Å². The van der Waals surface area contributed by atoms with Crippen molar-refractivity contribution in [1.29, 1.82) is 0 Å². The molecule has 0 saturated heterocycles. The molecule has 0 saturated carbocycles. The van der Waals surface area contributed by atoms with E-state index < -0.39 is 5.60 Å². The number of aliphatic hydroxyl groups is 2. The second-order valence-corrected chi connectivity index (χ2v) is 2.71. The first kappa shape index (κ1) is 9.88. The van der Waals surface area contributed by atoms with Crippen molar-refractivity contribution in [2.75, 3.05) is 19.8 Å². The second kappa shape index (κ2) is 4.66. The van der Waals surface area contributed by atoms with E-state index in [-0.39, 0.29) is 13.2 Å². The molecule has 1 atom stereocenters. The van der Waals surface area contributed by atoms with E-state index in [1.807, 2.05) is 6.92 Å². The van der Waals surface area contributed by atoms with Crippen LogP contribution in [0.15, 0.2) is 0 Å². The summed E-state index contributed by atoms with van der Waals surface area (Å²) in [6, 6.07) is 0. The molecule has 0 bridgehead atoms. The molecule has 0 aliphatic heterocycles. The van der Waals surface area contributed by atoms with Crippen molar-refractivity contribution < 1.29 is 14.9 Å². The topological polar surface area (TPSA) is 49.7 Å². The summed E-state index contributed by atoms with van der Waals surface area (Å²) >= 11 is 0. The third kappa shape index (κ3) is 4.73. The lowest BCUT2D eigenvalue weighted by Crippen LogP contribution is -2.34. The maximum Gasteiger partial charge on any atom is 0.108 e. The van der Waals surface area contributed by atoms with E-state index in [1.165, 1.54) is 0 Å². The smallest absolute Gasteiger partial charge is 0.108 e. The van der Waals surface area contributed by atoms with Gasteiger partial charge in [0.1, 0.15) is 5.60 Å². The summed E-state index contributed by atoms with van der Waals surface area (Å²) in [5.41, 5.74) is -1.07. The zero-order valence-corrected chi connectivity index (χ0v) is 6.63. The monoisotopic (exact) mass is 148 g/mol. The molecule has 0 aromatic carbocycles. The van der Waals surface area contributed by atoms with Crippen LogP contribution in [0, 0.1) is 0 Å². The quantitative estimate of drug-likeness (QED) is 0.546. The van der Waals surface area contributed by atoms with Gasteiger partial charge in [-0.3, -0.25) is 0 Å². The Morgan fingerprint density at radius 1 is 1.50 bits per heavy atom. The van der Waals surface area contributed by atoms with E-state index >= 15 is 0 Å². The molecule has 0 rings (SSSR count). The zero-order valence-electron chi connectivity index (χ0n) is 6.63. The summed E-state index contributed by atoms with van der Waals surface area (Å²) < 4.78 is 5.03. The largest absolute Gasteiger partial charge is 0.393 e. The van der Waals surface area contributed by atoms with Gasteiger partial charge < -0.3 is 14.9 Å². The van der Waals surface area contributed by atoms with Crippen LogP contribution in [-0.4, -0.2) is 35.6 Å². The van der Waals surface area contributed by atoms with E-state index in [4.69, 9.17) is 9.84 Å². The van der Waals surface area contributed by atoms with Crippen LogP contribution in [0.25, 0.3) is 0 Å². The molecule has 0 aromatic heterocycles. The van der Waals surface area contributed by atoms with Crippen molar-refractivity contribution in [3.8, 4) is 0 Å². The Balaban J connectivity index is 3.28. The standard InChI is InChI=1S/C7H16O3/c1-3-4-10-6-7(2,9)5-8/h8-9H,3-6H2,1-2H3. The van der Waals surface area contributed by atoms with Gasteiger partial charge in [-0.2, -0.15) is 0 Å².